The summed E-state index contributed by atoms with van der Waals surface area (Å²) >= 11 is 0. The van der Waals surface area contributed by atoms with E-state index in [0.717, 1.165) is 62.0 Å². The number of benzene rings is 1. The SMILES string of the molecule is CN(C)CCNc1ccc(-c2ccnc(Nc3ccc(N4CCN(C)CC4)cc3)n2)cn1. The van der Waals surface area contributed by atoms with E-state index in [2.05, 4.69) is 85.7 Å². The third-order valence-corrected chi connectivity index (χ3v) is 5.57. The van der Waals surface area contributed by atoms with Crippen LogP contribution in [0.2, 0.25) is 0 Å². The smallest absolute Gasteiger partial charge is 0.227 e. The highest BCUT2D eigenvalue weighted by Gasteiger charge is 2.14. The van der Waals surface area contributed by atoms with Crippen LogP contribution in [-0.2, 0) is 0 Å². The molecule has 0 amide bonds. The van der Waals surface area contributed by atoms with Crippen molar-refractivity contribution in [2.24, 2.45) is 0 Å². The monoisotopic (exact) mass is 432 g/mol. The molecule has 1 fully saturated rings. The Kier molecular flexibility index (Phi) is 7.14. The van der Waals surface area contributed by atoms with Crippen molar-refractivity contribution in [3.8, 4) is 11.3 Å². The molecular weight excluding hydrogens is 400 g/mol. The van der Waals surface area contributed by atoms with Gasteiger partial charge in [-0.25, -0.2) is 15.0 Å². The van der Waals surface area contributed by atoms with Crippen LogP contribution in [0.25, 0.3) is 11.3 Å². The fraction of sp³-hybridized carbons (Fsp3) is 0.375. The van der Waals surface area contributed by atoms with E-state index in [9.17, 15) is 0 Å². The zero-order valence-electron chi connectivity index (χ0n) is 19.1. The number of anilines is 4. The number of hydrogen-bond acceptors (Lipinski definition) is 8. The van der Waals surface area contributed by atoms with Gasteiger partial charge >= 0.3 is 0 Å². The Morgan fingerprint density at radius 3 is 2.41 bits per heavy atom. The maximum atomic E-state index is 4.67. The fourth-order valence-electron chi connectivity index (χ4n) is 3.59. The number of hydrogen-bond donors (Lipinski definition) is 2. The number of piperazine rings is 1. The molecule has 1 aliphatic rings. The predicted molar refractivity (Wildman–Crippen MR) is 132 cm³/mol. The van der Waals surface area contributed by atoms with Gasteiger partial charge < -0.3 is 25.3 Å². The van der Waals surface area contributed by atoms with E-state index in [1.807, 2.05) is 24.4 Å². The summed E-state index contributed by atoms with van der Waals surface area (Å²) < 4.78 is 0. The quantitative estimate of drug-likeness (QED) is 0.563. The lowest BCUT2D eigenvalue weighted by molar-refractivity contribution is 0.313. The molecule has 168 valence electrons. The van der Waals surface area contributed by atoms with Gasteiger partial charge in [0.05, 0.1) is 5.69 Å². The van der Waals surface area contributed by atoms with Gasteiger partial charge in [0.2, 0.25) is 5.95 Å². The van der Waals surface area contributed by atoms with Gasteiger partial charge in [0.15, 0.2) is 0 Å². The fourth-order valence-corrected chi connectivity index (χ4v) is 3.59. The lowest BCUT2D eigenvalue weighted by Gasteiger charge is -2.34. The van der Waals surface area contributed by atoms with Crippen LogP contribution < -0.4 is 15.5 Å². The van der Waals surface area contributed by atoms with Gasteiger partial charge in [-0.1, -0.05) is 0 Å². The van der Waals surface area contributed by atoms with E-state index in [4.69, 9.17) is 0 Å². The third kappa shape index (κ3) is 5.93. The molecule has 0 radical (unpaired) electrons. The summed E-state index contributed by atoms with van der Waals surface area (Å²) in [5.41, 5.74) is 4.02. The Balaban J connectivity index is 1.38. The van der Waals surface area contributed by atoms with Gasteiger partial charge in [0.1, 0.15) is 5.82 Å². The van der Waals surface area contributed by atoms with Gasteiger partial charge in [0, 0.05) is 68.6 Å². The van der Waals surface area contributed by atoms with Crippen molar-refractivity contribution >= 4 is 23.1 Å². The summed E-state index contributed by atoms with van der Waals surface area (Å²) in [6, 6.07) is 14.4. The first-order chi connectivity index (χ1) is 15.6. The number of pyridine rings is 1. The summed E-state index contributed by atoms with van der Waals surface area (Å²) in [6.07, 6.45) is 3.61. The lowest BCUT2D eigenvalue weighted by atomic mass is 10.2. The summed E-state index contributed by atoms with van der Waals surface area (Å²) in [5.74, 6) is 1.44. The van der Waals surface area contributed by atoms with Crippen molar-refractivity contribution in [2.75, 3.05) is 75.9 Å². The highest BCUT2D eigenvalue weighted by atomic mass is 15.2. The molecular formula is C24H32N8. The molecule has 3 aromatic rings. The molecule has 32 heavy (non-hydrogen) atoms. The highest BCUT2D eigenvalue weighted by Crippen LogP contribution is 2.23. The molecule has 0 spiro atoms. The first-order valence-electron chi connectivity index (χ1n) is 11.1. The van der Waals surface area contributed by atoms with E-state index in [0.29, 0.717) is 5.95 Å². The van der Waals surface area contributed by atoms with Gasteiger partial charge in [0.25, 0.3) is 0 Å². The molecule has 1 aromatic carbocycles. The average molecular weight is 433 g/mol. The molecule has 1 saturated heterocycles. The molecule has 3 heterocycles. The van der Waals surface area contributed by atoms with E-state index in [1.165, 1.54) is 5.69 Å². The average Bonchev–Trinajstić information content (AvgIpc) is 2.81. The van der Waals surface area contributed by atoms with Crippen molar-refractivity contribution in [1.29, 1.82) is 0 Å². The number of aromatic nitrogens is 3. The topological polar surface area (TPSA) is 72.5 Å². The van der Waals surface area contributed by atoms with Crippen LogP contribution in [0.3, 0.4) is 0 Å². The van der Waals surface area contributed by atoms with Crippen LogP contribution in [-0.4, -0.2) is 85.2 Å². The highest BCUT2D eigenvalue weighted by molar-refractivity contribution is 5.63. The van der Waals surface area contributed by atoms with Crippen LogP contribution in [0.5, 0.6) is 0 Å². The largest absolute Gasteiger partial charge is 0.369 e. The summed E-state index contributed by atoms with van der Waals surface area (Å²) in [4.78, 5) is 20.5. The zero-order valence-corrected chi connectivity index (χ0v) is 19.1. The van der Waals surface area contributed by atoms with Crippen LogP contribution >= 0.6 is 0 Å². The number of likely N-dealkylation sites (N-methyl/N-ethyl adjacent to an activating group) is 2. The minimum atomic E-state index is 0.572. The second-order valence-corrected chi connectivity index (χ2v) is 8.39. The molecule has 1 aliphatic heterocycles. The molecule has 0 saturated carbocycles. The number of nitrogens with one attached hydrogen (secondary N) is 2. The minimum absolute atomic E-state index is 0.572. The number of nitrogens with zero attached hydrogens (tertiary/aromatic N) is 6. The maximum absolute atomic E-state index is 4.67. The van der Waals surface area contributed by atoms with Gasteiger partial charge in [-0.05, 0) is 63.6 Å². The van der Waals surface area contributed by atoms with Gasteiger partial charge in [-0.3, -0.25) is 0 Å². The van der Waals surface area contributed by atoms with Crippen LogP contribution in [0.1, 0.15) is 0 Å². The van der Waals surface area contributed by atoms with Crippen molar-refractivity contribution in [2.45, 2.75) is 0 Å². The normalized spacial score (nSPS) is 14.6. The Morgan fingerprint density at radius 2 is 1.72 bits per heavy atom. The van der Waals surface area contributed by atoms with Crippen LogP contribution in [0, 0.1) is 0 Å². The molecule has 0 unspecified atom stereocenters. The van der Waals surface area contributed by atoms with Crippen molar-refractivity contribution in [3.63, 3.8) is 0 Å². The Labute approximate surface area is 190 Å². The first-order valence-corrected chi connectivity index (χ1v) is 11.1. The van der Waals surface area contributed by atoms with Gasteiger partial charge in [-0.2, -0.15) is 0 Å². The third-order valence-electron chi connectivity index (χ3n) is 5.57. The molecule has 0 bridgehead atoms. The Hall–Kier alpha value is -3.23. The van der Waals surface area contributed by atoms with Crippen LogP contribution in [0.15, 0.2) is 54.9 Å². The summed E-state index contributed by atoms with van der Waals surface area (Å²) in [7, 11) is 6.29. The molecule has 4 rings (SSSR count). The molecule has 2 N–H and O–H groups in total. The summed E-state index contributed by atoms with van der Waals surface area (Å²) in [5, 5.41) is 6.64. The van der Waals surface area contributed by atoms with E-state index >= 15 is 0 Å². The Morgan fingerprint density at radius 1 is 0.938 bits per heavy atom. The minimum Gasteiger partial charge on any atom is -0.369 e. The molecule has 0 aliphatic carbocycles. The second kappa shape index (κ2) is 10.4. The zero-order chi connectivity index (χ0) is 22.3. The number of rotatable bonds is 8. The van der Waals surface area contributed by atoms with E-state index < -0.39 is 0 Å². The molecule has 2 aromatic heterocycles. The van der Waals surface area contributed by atoms with Gasteiger partial charge in [-0.15, -0.1) is 0 Å². The Bertz CT molecular complexity index is 980. The van der Waals surface area contributed by atoms with Crippen LogP contribution in [0.4, 0.5) is 23.1 Å². The van der Waals surface area contributed by atoms with E-state index in [1.54, 1.807) is 6.20 Å². The standard InChI is InChI=1S/C24H32N8/c1-30(2)13-12-25-23-9-4-19(18-27-23)22-10-11-26-24(29-22)28-20-5-7-21(8-6-20)32-16-14-31(3)15-17-32/h4-11,18H,12-17H2,1-3H3,(H,25,27)(H,26,28,29). The lowest BCUT2D eigenvalue weighted by Crippen LogP contribution is -2.44. The molecule has 8 nitrogen and oxygen atoms in total. The molecule has 0 atom stereocenters. The first kappa shape index (κ1) is 22.0. The van der Waals surface area contributed by atoms with Crippen molar-refractivity contribution in [3.05, 3.63) is 54.9 Å². The van der Waals surface area contributed by atoms with E-state index in [-0.39, 0.29) is 0 Å². The second-order valence-electron chi connectivity index (χ2n) is 8.39. The van der Waals surface area contributed by atoms with Crippen molar-refractivity contribution in [1.82, 2.24) is 24.8 Å². The van der Waals surface area contributed by atoms with Crippen molar-refractivity contribution < 1.29 is 0 Å². The maximum Gasteiger partial charge on any atom is 0.227 e. The molecule has 8 heteroatoms. The predicted octanol–water partition coefficient (Wildman–Crippen LogP) is 3.01. The summed E-state index contributed by atoms with van der Waals surface area (Å²) in [6.45, 7) is 6.14.